The molecular weight excluding hydrogens is 337 g/mol. The molecular formula is C12H18Cl3N5O. The van der Waals surface area contributed by atoms with Gasteiger partial charge in [-0.15, -0.1) is 0 Å². The zero-order valence-corrected chi connectivity index (χ0v) is 13.8. The van der Waals surface area contributed by atoms with Crippen LogP contribution >= 0.6 is 34.8 Å². The van der Waals surface area contributed by atoms with Crippen LogP contribution in [-0.2, 0) is 3.79 Å². The molecule has 0 saturated carbocycles. The Kier molecular flexibility index (Phi) is 6.10. The van der Waals surface area contributed by atoms with Crippen LogP contribution in [0.15, 0.2) is 0 Å². The Hall–Kier alpha value is -0.560. The first kappa shape index (κ1) is 16.8. The van der Waals surface area contributed by atoms with Crippen LogP contribution in [0, 0.1) is 0 Å². The predicted octanol–water partition coefficient (Wildman–Crippen LogP) is 2.48. The lowest BCUT2D eigenvalue weighted by molar-refractivity contribution is 0.292. The molecule has 1 aromatic heterocycles. The standard InChI is InChI=1S/C12H18Cl3N5O/c13-12(14,15)9-17-10(16-5-4-8-21)19-11(18-9)20-6-2-1-3-7-20/h21H,1-8H2,(H,16,17,18,19). The third-order valence-corrected chi connectivity index (χ3v) is 3.64. The molecule has 0 radical (unpaired) electrons. The van der Waals surface area contributed by atoms with Crippen molar-refractivity contribution in [1.29, 1.82) is 0 Å². The number of hydrogen-bond donors (Lipinski definition) is 2. The highest BCUT2D eigenvalue weighted by Crippen LogP contribution is 2.36. The van der Waals surface area contributed by atoms with Crippen molar-refractivity contribution in [2.24, 2.45) is 0 Å². The number of anilines is 2. The van der Waals surface area contributed by atoms with Gasteiger partial charge in [0.1, 0.15) is 0 Å². The normalized spacial score (nSPS) is 16.1. The Morgan fingerprint density at radius 2 is 1.81 bits per heavy atom. The minimum atomic E-state index is -1.69. The molecule has 0 bridgehead atoms. The van der Waals surface area contributed by atoms with Gasteiger partial charge in [-0.05, 0) is 25.7 Å². The zero-order valence-electron chi connectivity index (χ0n) is 11.5. The van der Waals surface area contributed by atoms with Gasteiger partial charge in [0.2, 0.25) is 15.7 Å². The second-order valence-corrected chi connectivity index (χ2v) is 7.11. The number of nitrogens with one attached hydrogen (secondary N) is 1. The van der Waals surface area contributed by atoms with E-state index in [0.29, 0.717) is 24.9 Å². The van der Waals surface area contributed by atoms with E-state index >= 15 is 0 Å². The van der Waals surface area contributed by atoms with E-state index in [-0.39, 0.29) is 12.4 Å². The molecule has 0 aliphatic carbocycles. The zero-order chi connectivity index (χ0) is 15.3. The summed E-state index contributed by atoms with van der Waals surface area (Å²) in [6.45, 7) is 2.41. The first-order valence-electron chi connectivity index (χ1n) is 6.93. The maximum absolute atomic E-state index is 8.82. The van der Waals surface area contributed by atoms with Crippen molar-refractivity contribution in [3.8, 4) is 0 Å². The fourth-order valence-electron chi connectivity index (χ4n) is 2.09. The summed E-state index contributed by atoms with van der Waals surface area (Å²) in [6, 6.07) is 0. The Labute approximate surface area is 138 Å². The molecule has 1 aromatic rings. The number of hydrogen-bond acceptors (Lipinski definition) is 6. The van der Waals surface area contributed by atoms with Crippen molar-refractivity contribution in [3.63, 3.8) is 0 Å². The van der Waals surface area contributed by atoms with E-state index < -0.39 is 3.79 Å². The highest BCUT2D eigenvalue weighted by molar-refractivity contribution is 6.66. The maximum Gasteiger partial charge on any atom is 0.250 e. The molecule has 2 rings (SSSR count). The number of nitrogens with zero attached hydrogens (tertiary/aromatic N) is 4. The Morgan fingerprint density at radius 1 is 1.10 bits per heavy atom. The predicted molar refractivity (Wildman–Crippen MR) is 85.3 cm³/mol. The molecule has 1 saturated heterocycles. The van der Waals surface area contributed by atoms with E-state index in [1.54, 1.807) is 0 Å². The van der Waals surface area contributed by atoms with E-state index in [1.807, 2.05) is 0 Å². The van der Waals surface area contributed by atoms with E-state index in [0.717, 1.165) is 25.9 Å². The molecule has 0 amide bonds. The van der Waals surface area contributed by atoms with Crippen molar-refractivity contribution < 1.29 is 5.11 Å². The maximum atomic E-state index is 8.82. The quantitative estimate of drug-likeness (QED) is 0.625. The summed E-state index contributed by atoms with van der Waals surface area (Å²) < 4.78 is -1.69. The Bertz CT molecular complexity index is 463. The highest BCUT2D eigenvalue weighted by Gasteiger charge is 2.29. The molecule has 2 heterocycles. The summed E-state index contributed by atoms with van der Waals surface area (Å²) >= 11 is 17.7. The largest absolute Gasteiger partial charge is 0.396 e. The average molecular weight is 355 g/mol. The van der Waals surface area contributed by atoms with Crippen molar-refractivity contribution in [1.82, 2.24) is 15.0 Å². The van der Waals surface area contributed by atoms with Gasteiger partial charge in [0.25, 0.3) is 0 Å². The lowest BCUT2D eigenvalue weighted by Gasteiger charge is -2.27. The Balaban J connectivity index is 2.23. The number of aliphatic hydroxyl groups excluding tert-OH is 1. The summed E-state index contributed by atoms with van der Waals surface area (Å²) in [5.74, 6) is 0.993. The number of aliphatic hydroxyl groups is 1. The second-order valence-electron chi connectivity index (χ2n) is 4.83. The lowest BCUT2D eigenvalue weighted by atomic mass is 10.1. The minimum Gasteiger partial charge on any atom is -0.396 e. The van der Waals surface area contributed by atoms with Crippen LogP contribution in [0.4, 0.5) is 11.9 Å². The van der Waals surface area contributed by atoms with Gasteiger partial charge in [0.05, 0.1) is 0 Å². The van der Waals surface area contributed by atoms with Gasteiger partial charge in [0, 0.05) is 26.2 Å². The first-order valence-corrected chi connectivity index (χ1v) is 8.07. The number of piperidine rings is 1. The van der Waals surface area contributed by atoms with Crippen LogP contribution in [0.25, 0.3) is 0 Å². The summed E-state index contributed by atoms with van der Waals surface area (Å²) in [7, 11) is 0. The molecule has 0 unspecified atom stereocenters. The van der Waals surface area contributed by atoms with Crippen LogP contribution in [0.2, 0.25) is 0 Å². The third kappa shape index (κ3) is 4.98. The summed E-state index contributed by atoms with van der Waals surface area (Å²) in [5.41, 5.74) is 0. The molecule has 1 fully saturated rings. The average Bonchev–Trinajstić information content (AvgIpc) is 2.47. The summed E-state index contributed by atoms with van der Waals surface area (Å²) in [6.07, 6.45) is 4.00. The van der Waals surface area contributed by atoms with Crippen molar-refractivity contribution in [2.75, 3.05) is 36.5 Å². The fourth-order valence-corrected chi connectivity index (χ4v) is 2.34. The van der Waals surface area contributed by atoms with Crippen LogP contribution in [-0.4, -0.2) is 46.3 Å². The SMILES string of the molecule is OCCCNc1nc(N2CCCCC2)nc(C(Cl)(Cl)Cl)n1. The van der Waals surface area contributed by atoms with Crippen molar-refractivity contribution in [2.45, 2.75) is 29.5 Å². The summed E-state index contributed by atoms with van der Waals surface area (Å²) in [4.78, 5) is 14.9. The van der Waals surface area contributed by atoms with Crippen LogP contribution in [0.1, 0.15) is 31.5 Å². The molecule has 1 aliphatic rings. The second kappa shape index (κ2) is 7.63. The Morgan fingerprint density at radius 3 is 2.43 bits per heavy atom. The topological polar surface area (TPSA) is 74.2 Å². The molecule has 0 spiro atoms. The van der Waals surface area contributed by atoms with Crippen molar-refractivity contribution in [3.05, 3.63) is 5.82 Å². The fraction of sp³-hybridized carbons (Fsp3) is 0.750. The molecule has 6 nitrogen and oxygen atoms in total. The minimum absolute atomic E-state index is 0.0916. The van der Waals surface area contributed by atoms with Crippen LogP contribution < -0.4 is 10.2 Å². The van der Waals surface area contributed by atoms with Crippen LogP contribution in [0.5, 0.6) is 0 Å². The smallest absolute Gasteiger partial charge is 0.250 e. The summed E-state index contributed by atoms with van der Waals surface area (Å²) in [5, 5.41) is 11.8. The van der Waals surface area contributed by atoms with Gasteiger partial charge >= 0.3 is 0 Å². The molecule has 9 heteroatoms. The molecule has 118 valence electrons. The van der Waals surface area contributed by atoms with E-state index in [4.69, 9.17) is 39.9 Å². The van der Waals surface area contributed by atoms with E-state index in [9.17, 15) is 0 Å². The first-order chi connectivity index (χ1) is 10.0. The monoisotopic (exact) mass is 353 g/mol. The number of alkyl halides is 3. The molecule has 21 heavy (non-hydrogen) atoms. The molecule has 0 aromatic carbocycles. The number of halogens is 3. The van der Waals surface area contributed by atoms with E-state index in [1.165, 1.54) is 6.42 Å². The van der Waals surface area contributed by atoms with Crippen molar-refractivity contribution >= 4 is 46.7 Å². The van der Waals surface area contributed by atoms with Crippen LogP contribution in [0.3, 0.4) is 0 Å². The van der Waals surface area contributed by atoms with Gasteiger partial charge < -0.3 is 15.3 Å². The molecule has 0 atom stereocenters. The highest BCUT2D eigenvalue weighted by atomic mass is 35.6. The van der Waals surface area contributed by atoms with E-state index in [2.05, 4.69) is 25.2 Å². The van der Waals surface area contributed by atoms with Gasteiger partial charge in [-0.1, -0.05) is 34.8 Å². The number of aromatic nitrogens is 3. The lowest BCUT2D eigenvalue weighted by Crippen LogP contribution is -2.32. The van der Waals surface area contributed by atoms with Gasteiger partial charge in [-0.25, -0.2) is 0 Å². The van der Waals surface area contributed by atoms with Gasteiger partial charge in [-0.2, -0.15) is 15.0 Å². The number of rotatable bonds is 5. The third-order valence-electron chi connectivity index (χ3n) is 3.13. The molecule has 1 aliphatic heterocycles. The molecule has 2 N–H and O–H groups in total. The van der Waals surface area contributed by atoms with Gasteiger partial charge in [0.15, 0.2) is 5.82 Å². The van der Waals surface area contributed by atoms with Gasteiger partial charge in [-0.3, -0.25) is 0 Å².